The number of fused-ring (bicyclic) bond motifs is 2. The average Bonchev–Trinajstić information content (AvgIpc) is 2.61. The van der Waals surface area contributed by atoms with E-state index in [2.05, 4.69) is 41.5 Å². The van der Waals surface area contributed by atoms with Crippen LogP contribution in [0.15, 0.2) is 34.4 Å². The molecule has 0 aromatic carbocycles. The minimum atomic E-state index is 0.363. The molecule has 6 aliphatic carbocycles. The summed E-state index contributed by atoms with van der Waals surface area (Å²) in [5.74, 6) is 7.68. The van der Waals surface area contributed by atoms with Crippen molar-refractivity contribution in [2.24, 2.45) is 58.2 Å². The maximum Gasteiger partial charge on any atom is 0.00279 e. The third-order valence-corrected chi connectivity index (χ3v) is 11.7. The molecule has 5 fully saturated rings. The first-order valence-electron chi connectivity index (χ1n) is 13.7. The van der Waals surface area contributed by atoms with Crippen molar-refractivity contribution in [3.63, 3.8) is 0 Å². The highest BCUT2D eigenvalue weighted by Gasteiger charge is 2.60. The molecule has 5 atom stereocenters. The molecule has 31 heavy (non-hydrogen) atoms. The Kier molecular flexibility index (Phi) is 4.45. The summed E-state index contributed by atoms with van der Waals surface area (Å²) in [6.07, 6.45) is 13.3. The number of rotatable bonds is 2. The first kappa shape index (κ1) is 20.8. The topological polar surface area (TPSA) is 0 Å². The van der Waals surface area contributed by atoms with E-state index >= 15 is 0 Å². The van der Waals surface area contributed by atoms with Crippen molar-refractivity contribution in [2.75, 3.05) is 0 Å². The second kappa shape index (κ2) is 6.64. The molecule has 0 heterocycles. The first-order chi connectivity index (χ1) is 14.6. The maximum absolute atomic E-state index is 4.73. The molecule has 0 radical (unpaired) electrons. The molecule has 0 aliphatic heterocycles. The van der Waals surface area contributed by atoms with Gasteiger partial charge in [0.1, 0.15) is 0 Å². The Balaban J connectivity index is 1.40. The largest absolute Gasteiger partial charge is 0.0950 e. The van der Waals surface area contributed by atoms with E-state index in [1.54, 1.807) is 29.6 Å². The lowest BCUT2D eigenvalue weighted by atomic mass is 9.39. The maximum atomic E-state index is 4.73. The summed E-state index contributed by atoms with van der Waals surface area (Å²) in [7, 11) is 0. The van der Waals surface area contributed by atoms with Gasteiger partial charge < -0.3 is 0 Å². The van der Waals surface area contributed by atoms with Crippen LogP contribution in [0.3, 0.4) is 0 Å². The molecule has 0 nitrogen and oxygen atoms in total. The van der Waals surface area contributed by atoms with E-state index in [1.165, 1.54) is 50.5 Å². The first-order valence-corrected chi connectivity index (χ1v) is 13.7. The summed E-state index contributed by atoms with van der Waals surface area (Å²) in [6.45, 7) is 20.0. The molecule has 2 bridgehead atoms. The summed E-state index contributed by atoms with van der Waals surface area (Å²) in [5.41, 5.74) is 9.06. The van der Waals surface area contributed by atoms with Crippen LogP contribution in [0.1, 0.15) is 99.3 Å². The Bertz CT molecular complexity index is 846. The lowest BCUT2D eigenvalue weighted by molar-refractivity contribution is -0.151. The molecule has 0 aromatic rings. The van der Waals surface area contributed by atoms with E-state index in [0.717, 1.165) is 41.4 Å². The number of hydrogen-bond acceptors (Lipinski definition) is 0. The second-order valence-electron chi connectivity index (χ2n) is 14.1. The van der Waals surface area contributed by atoms with E-state index in [4.69, 9.17) is 6.58 Å². The Morgan fingerprint density at radius 3 is 1.84 bits per heavy atom. The van der Waals surface area contributed by atoms with Crippen LogP contribution in [0, 0.1) is 58.2 Å². The van der Waals surface area contributed by atoms with Gasteiger partial charge in [-0.15, -0.1) is 0 Å². The van der Waals surface area contributed by atoms with Crippen LogP contribution in [-0.4, -0.2) is 0 Å². The van der Waals surface area contributed by atoms with E-state index < -0.39 is 0 Å². The SMILES string of the molecule is C=C1C(C)=C(C2(C)CC3CC(C)CC(C3)C2)C(C)=C(C2(C)CC3CC4CC(C2)C43)C1C. The molecule has 5 unspecified atom stereocenters. The molecule has 0 spiro atoms. The Morgan fingerprint density at radius 2 is 1.29 bits per heavy atom. The minimum Gasteiger partial charge on any atom is -0.0950 e. The van der Waals surface area contributed by atoms with Crippen molar-refractivity contribution in [2.45, 2.75) is 99.3 Å². The molecule has 0 heteroatoms. The van der Waals surface area contributed by atoms with Crippen molar-refractivity contribution >= 4 is 0 Å². The Hall–Kier alpha value is -0.780. The third kappa shape index (κ3) is 2.85. The normalized spacial score (nSPS) is 53.7. The summed E-state index contributed by atoms with van der Waals surface area (Å²) >= 11 is 0. The highest BCUT2D eigenvalue weighted by Crippen LogP contribution is 2.70. The number of hydrogen-bond donors (Lipinski definition) is 0. The van der Waals surface area contributed by atoms with Gasteiger partial charge in [-0.3, -0.25) is 0 Å². The lowest BCUT2D eigenvalue weighted by Gasteiger charge is -2.66. The van der Waals surface area contributed by atoms with Gasteiger partial charge in [0.25, 0.3) is 0 Å². The fourth-order valence-corrected chi connectivity index (χ4v) is 11.2. The Morgan fingerprint density at radius 1 is 0.710 bits per heavy atom. The van der Waals surface area contributed by atoms with Gasteiger partial charge in [0.15, 0.2) is 0 Å². The van der Waals surface area contributed by atoms with Gasteiger partial charge in [-0.05, 0) is 146 Å². The van der Waals surface area contributed by atoms with E-state index in [-0.39, 0.29) is 0 Å². The van der Waals surface area contributed by atoms with Crippen LogP contribution in [0.25, 0.3) is 0 Å². The summed E-state index contributed by atoms with van der Waals surface area (Å²) in [6, 6.07) is 0. The van der Waals surface area contributed by atoms with Gasteiger partial charge in [-0.1, -0.05) is 39.8 Å². The van der Waals surface area contributed by atoms with Crippen molar-refractivity contribution in [1.29, 1.82) is 0 Å². The van der Waals surface area contributed by atoms with Crippen molar-refractivity contribution in [1.82, 2.24) is 0 Å². The molecule has 6 aliphatic rings. The van der Waals surface area contributed by atoms with E-state index in [1.807, 2.05) is 5.57 Å². The smallest absolute Gasteiger partial charge is 0.00279 e. The third-order valence-electron chi connectivity index (χ3n) is 11.7. The summed E-state index contributed by atoms with van der Waals surface area (Å²) in [5, 5.41) is 0. The fraction of sp³-hybridized carbons (Fsp3) is 0.806. The second-order valence-corrected chi connectivity index (χ2v) is 14.1. The summed E-state index contributed by atoms with van der Waals surface area (Å²) in [4.78, 5) is 0. The van der Waals surface area contributed by atoms with Crippen LogP contribution in [0.2, 0.25) is 0 Å². The molecule has 170 valence electrons. The van der Waals surface area contributed by atoms with Gasteiger partial charge in [0, 0.05) is 5.92 Å². The molecule has 5 saturated carbocycles. The molecular weight excluding hydrogens is 372 g/mol. The van der Waals surface area contributed by atoms with Gasteiger partial charge >= 0.3 is 0 Å². The molecule has 0 saturated heterocycles. The van der Waals surface area contributed by atoms with Gasteiger partial charge in [0.05, 0.1) is 0 Å². The predicted octanol–water partition coefficient (Wildman–Crippen LogP) is 8.75. The zero-order chi connectivity index (χ0) is 21.9. The molecule has 0 N–H and O–H groups in total. The Labute approximate surface area is 192 Å². The lowest BCUT2D eigenvalue weighted by Crippen LogP contribution is -2.58. The van der Waals surface area contributed by atoms with Crippen LogP contribution in [0.4, 0.5) is 0 Å². The molecule has 6 rings (SSSR count). The van der Waals surface area contributed by atoms with Gasteiger partial charge in [0.2, 0.25) is 0 Å². The molecular formula is C31H46. The standard InChI is InChI=1S/C31H46/c1-17-8-22-10-23(9-17)14-30(6,13-22)28-19(3)18(2)20(4)29(21(28)5)31(7)15-25-11-24-12-26(16-31)27(24)25/h17,20,22-27H,2,8-16H2,1,3-7H3. The van der Waals surface area contributed by atoms with Gasteiger partial charge in [-0.25, -0.2) is 0 Å². The van der Waals surface area contributed by atoms with Crippen molar-refractivity contribution in [3.05, 3.63) is 34.4 Å². The number of allylic oxidation sites excluding steroid dienone is 5. The zero-order valence-electron chi connectivity index (χ0n) is 21.2. The van der Waals surface area contributed by atoms with Crippen LogP contribution in [-0.2, 0) is 0 Å². The highest BCUT2D eigenvalue weighted by atomic mass is 14.7. The van der Waals surface area contributed by atoms with Crippen LogP contribution in [0.5, 0.6) is 0 Å². The van der Waals surface area contributed by atoms with E-state index in [0.29, 0.717) is 16.7 Å². The highest BCUT2D eigenvalue weighted by molar-refractivity contribution is 5.56. The quantitative estimate of drug-likeness (QED) is 0.420. The minimum absolute atomic E-state index is 0.363. The van der Waals surface area contributed by atoms with Crippen LogP contribution >= 0.6 is 0 Å². The molecule has 0 amide bonds. The average molecular weight is 419 g/mol. The van der Waals surface area contributed by atoms with Crippen molar-refractivity contribution < 1.29 is 0 Å². The van der Waals surface area contributed by atoms with E-state index in [9.17, 15) is 0 Å². The summed E-state index contributed by atoms with van der Waals surface area (Å²) < 4.78 is 0. The van der Waals surface area contributed by atoms with Gasteiger partial charge in [-0.2, -0.15) is 0 Å². The predicted molar refractivity (Wildman–Crippen MR) is 132 cm³/mol. The van der Waals surface area contributed by atoms with Crippen molar-refractivity contribution in [3.8, 4) is 0 Å². The van der Waals surface area contributed by atoms with Crippen LogP contribution < -0.4 is 0 Å². The zero-order valence-corrected chi connectivity index (χ0v) is 21.2. The molecule has 0 aromatic heterocycles. The fourth-order valence-electron chi connectivity index (χ4n) is 11.2. The monoisotopic (exact) mass is 418 g/mol.